The normalized spacial score (nSPS) is 11.9. The van der Waals surface area contributed by atoms with Crippen LogP contribution in [-0.4, -0.2) is 38.7 Å². The fourth-order valence-corrected chi connectivity index (χ4v) is 1.85. The second-order valence-electron chi connectivity index (χ2n) is 4.74. The van der Waals surface area contributed by atoms with Crippen molar-refractivity contribution in [3.8, 4) is 5.75 Å². The van der Waals surface area contributed by atoms with E-state index in [1.807, 2.05) is 0 Å². The molecular weight excluding hydrogens is 296 g/mol. The standard InChI is InChI=1S/C14H19F2N3O3/c1-3-17-14(21)18-12(20)9-19(2)8-10-4-6-11(7-5-10)22-13(15)16/h4-7,13H,3,8-9H2,1-2H3,(H2,17,18,20,21)/p+1. The fourth-order valence-electron chi connectivity index (χ4n) is 1.85. The Balaban J connectivity index is 2.42. The highest BCUT2D eigenvalue weighted by molar-refractivity contribution is 5.94. The van der Waals surface area contributed by atoms with Gasteiger partial charge < -0.3 is 15.0 Å². The monoisotopic (exact) mass is 316 g/mol. The highest BCUT2D eigenvalue weighted by Gasteiger charge is 2.13. The number of benzene rings is 1. The molecule has 0 aromatic heterocycles. The van der Waals surface area contributed by atoms with Crippen molar-refractivity contribution in [2.24, 2.45) is 0 Å². The molecule has 3 N–H and O–H groups in total. The SMILES string of the molecule is CCNC(=O)NC(=O)C[NH+](C)Cc1ccc(OC(F)F)cc1. The molecule has 0 aliphatic rings. The average Bonchev–Trinajstić information content (AvgIpc) is 2.40. The summed E-state index contributed by atoms with van der Waals surface area (Å²) in [6.45, 7) is -0.0286. The number of hydrogen-bond donors (Lipinski definition) is 3. The van der Waals surface area contributed by atoms with Crippen molar-refractivity contribution >= 4 is 11.9 Å². The van der Waals surface area contributed by atoms with Crippen molar-refractivity contribution in [1.82, 2.24) is 10.6 Å². The summed E-state index contributed by atoms with van der Waals surface area (Å²) in [5, 5.41) is 4.68. The third-order valence-electron chi connectivity index (χ3n) is 2.71. The molecule has 0 aliphatic heterocycles. The van der Waals surface area contributed by atoms with Crippen molar-refractivity contribution in [2.75, 3.05) is 20.1 Å². The fraction of sp³-hybridized carbons (Fsp3) is 0.429. The van der Waals surface area contributed by atoms with Gasteiger partial charge in [-0.15, -0.1) is 0 Å². The van der Waals surface area contributed by atoms with Crippen LogP contribution < -0.4 is 20.3 Å². The Kier molecular flexibility index (Phi) is 7.24. The summed E-state index contributed by atoms with van der Waals surface area (Å²) in [5.74, 6) is -0.300. The van der Waals surface area contributed by atoms with E-state index in [1.54, 1.807) is 26.1 Å². The van der Waals surface area contributed by atoms with E-state index in [4.69, 9.17) is 0 Å². The Morgan fingerprint density at radius 2 is 1.91 bits per heavy atom. The Labute approximate surface area is 127 Å². The first-order valence-corrected chi connectivity index (χ1v) is 6.83. The third kappa shape index (κ3) is 6.98. The van der Waals surface area contributed by atoms with Gasteiger partial charge in [0.2, 0.25) is 0 Å². The molecule has 0 bridgehead atoms. The zero-order valence-electron chi connectivity index (χ0n) is 12.5. The molecule has 0 radical (unpaired) electrons. The molecule has 3 amide bonds. The molecule has 6 nitrogen and oxygen atoms in total. The number of halogens is 2. The number of rotatable bonds is 7. The first-order valence-electron chi connectivity index (χ1n) is 6.83. The molecule has 0 heterocycles. The summed E-state index contributed by atoms with van der Waals surface area (Å²) >= 11 is 0. The summed E-state index contributed by atoms with van der Waals surface area (Å²) in [6.07, 6.45) is 0. The van der Waals surface area contributed by atoms with E-state index in [0.29, 0.717) is 13.1 Å². The van der Waals surface area contributed by atoms with Gasteiger partial charge in [-0.25, -0.2) is 4.79 Å². The summed E-state index contributed by atoms with van der Waals surface area (Å²) in [5.41, 5.74) is 0.866. The van der Waals surface area contributed by atoms with Crippen LogP contribution in [0.3, 0.4) is 0 Å². The lowest BCUT2D eigenvalue weighted by Crippen LogP contribution is -3.09. The topological polar surface area (TPSA) is 71.9 Å². The maximum Gasteiger partial charge on any atom is 0.387 e. The lowest BCUT2D eigenvalue weighted by Gasteiger charge is -2.14. The first-order chi connectivity index (χ1) is 10.4. The van der Waals surface area contributed by atoms with Crippen LogP contribution in [0.15, 0.2) is 24.3 Å². The van der Waals surface area contributed by atoms with E-state index in [0.717, 1.165) is 10.5 Å². The van der Waals surface area contributed by atoms with E-state index < -0.39 is 12.6 Å². The molecular formula is C14H20F2N3O3+. The summed E-state index contributed by atoms with van der Waals surface area (Å²) in [6, 6.07) is 5.69. The van der Waals surface area contributed by atoms with Gasteiger partial charge in [0.25, 0.3) is 5.91 Å². The number of hydrogen-bond acceptors (Lipinski definition) is 3. The molecule has 122 valence electrons. The first kappa shape index (κ1) is 17.8. The largest absolute Gasteiger partial charge is 0.435 e. The van der Waals surface area contributed by atoms with E-state index >= 15 is 0 Å². The quantitative estimate of drug-likeness (QED) is 0.670. The zero-order chi connectivity index (χ0) is 16.5. The van der Waals surface area contributed by atoms with Gasteiger partial charge in [-0.2, -0.15) is 8.78 Å². The van der Waals surface area contributed by atoms with Gasteiger partial charge in [-0.05, 0) is 31.2 Å². The highest BCUT2D eigenvalue weighted by atomic mass is 19.3. The molecule has 1 aromatic carbocycles. The van der Waals surface area contributed by atoms with Crippen LogP contribution in [0, 0.1) is 0 Å². The number of imide groups is 1. The number of alkyl halides is 2. The van der Waals surface area contributed by atoms with E-state index in [1.165, 1.54) is 12.1 Å². The number of nitrogens with one attached hydrogen (secondary N) is 3. The summed E-state index contributed by atoms with van der Waals surface area (Å²) < 4.78 is 28.3. The van der Waals surface area contributed by atoms with Crippen LogP contribution >= 0.6 is 0 Å². The molecule has 0 saturated heterocycles. The number of carbonyl (C=O) groups is 2. The van der Waals surface area contributed by atoms with Crippen molar-refractivity contribution in [1.29, 1.82) is 0 Å². The minimum absolute atomic E-state index is 0.0883. The maximum atomic E-state index is 12.0. The van der Waals surface area contributed by atoms with E-state index in [2.05, 4.69) is 15.4 Å². The van der Waals surface area contributed by atoms with Crippen LogP contribution in [-0.2, 0) is 11.3 Å². The van der Waals surface area contributed by atoms with Gasteiger partial charge in [0.1, 0.15) is 12.3 Å². The van der Waals surface area contributed by atoms with Crippen LogP contribution in [0.2, 0.25) is 0 Å². The predicted octanol–water partition coefficient (Wildman–Crippen LogP) is 0.148. The average molecular weight is 316 g/mol. The number of carbonyl (C=O) groups excluding carboxylic acids is 2. The molecule has 1 atom stereocenters. The van der Waals surface area contributed by atoms with Crippen molar-refractivity contribution in [3.05, 3.63) is 29.8 Å². The van der Waals surface area contributed by atoms with Gasteiger partial charge in [-0.3, -0.25) is 10.1 Å². The number of amides is 3. The maximum absolute atomic E-state index is 12.0. The number of quaternary nitrogens is 1. The molecule has 8 heteroatoms. The second kappa shape index (κ2) is 8.93. The lowest BCUT2D eigenvalue weighted by atomic mass is 10.2. The van der Waals surface area contributed by atoms with Crippen LogP contribution in [0.25, 0.3) is 0 Å². The van der Waals surface area contributed by atoms with Crippen LogP contribution in [0.1, 0.15) is 12.5 Å². The van der Waals surface area contributed by atoms with Crippen molar-refractivity contribution < 1.29 is 28.0 Å². The Morgan fingerprint density at radius 1 is 1.27 bits per heavy atom. The van der Waals surface area contributed by atoms with Crippen molar-refractivity contribution in [2.45, 2.75) is 20.1 Å². The van der Waals surface area contributed by atoms with Gasteiger partial charge in [0.15, 0.2) is 6.54 Å². The molecule has 22 heavy (non-hydrogen) atoms. The molecule has 0 spiro atoms. The van der Waals surface area contributed by atoms with E-state index in [-0.39, 0.29) is 18.2 Å². The van der Waals surface area contributed by atoms with Gasteiger partial charge >= 0.3 is 12.6 Å². The Hall–Kier alpha value is -2.22. The Morgan fingerprint density at radius 3 is 2.45 bits per heavy atom. The number of likely N-dealkylation sites (N-methyl/N-ethyl adjacent to an activating group) is 1. The lowest BCUT2D eigenvalue weighted by molar-refractivity contribution is -0.885. The van der Waals surface area contributed by atoms with Crippen LogP contribution in [0.5, 0.6) is 5.75 Å². The predicted molar refractivity (Wildman–Crippen MR) is 75.7 cm³/mol. The van der Waals surface area contributed by atoms with E-state index in [9.17, 15) is 18.4 Å². The second-order valence-corrected chi connectivity index (χ2v) is 4.74. The summed E-state index contributed by atoms with van der Waals surface area (Å²) in [7, 11) is 1.79. The third-order valence-corrected chi connectivity index (χ3v) is 2.71. The van der Waals surface area contributed by atoms with Gasteiger partial charge in [0.05, 0.1) is 7.05 Å². The number of ether oxygens (including phenoxy) is 1. The van der Waals surface area contributed by atoms with Gasteiger partial charge in [-0.1, -0.05) is 0 Å². The zero-order valence-corrected chi connectivity index (χ0v) is 12.5. The number of urea groups is 1. The minimum Gasteiger partial charge on any atom is -0.435 e. The summed E-state index contributed by atoms with van der Waals surface area (Å²) in [4.78, 5) is 23.7. The molecule has 0 saturated carbocycles. The molecule has 0 aliphatic carbocycles. The minimum atomic E-state index is -2.85. The van der Waals surface area contributed by atoms with Crippen molar-refractivity contribution in [3.63, 3.8) is 0 Å². The molecule has 0 fully saturated rings. The molecule has 1 aromatic rings. The van der Waals surface area contributed by atoms with Gasteiger partial charge in [0, 0.05) is 12.1 Å². The highest BCUT2D eigenvalue weighted by Crippen LogP contribution is 2.14. The van der Waals surface area contributed by atoms with Crippen LogP contribution in [0.4, 0.5) is 13.6 Å². The molecule has 1 unspecified atom stereocenters. The Bertz CT molecular complexity index is 495. The molecule has 1 rings (SSSR count). The smallest absolute Gasteiger partial charge is 0.387 e.